The van der Waals surface area contributed by atoms with Crippen molar-refractivity contribution in [3.63, 3.8) is 0 Å². The second-order valence-electron chi connectivity index (χ2n) is 5.98. The van der Waals surface area contributed by atoms with Gasteiger partial charge in [0.05, 0.1) is 0 Å². The van der Waals surface area contributed by atoms with E-state index < -0.39 is 0 Å². The maximum absolute atomic E-state index is 3.55. The monoisotopic (exact) mass is 300 g/mol. The third-order valence-electron chi connectivity index (χ3n) is 4.59. The molecule has 0 radical (unpaired) electrons. The van der Waals surface area contributed by atoms with E-state index in [1.807, 2.05) is 11.3 Å². The Kier molecular flexibility index (Phi) is 4.73. The molecule has 1 aromatic carbocycles. The van der Waals surface area contributed by atoms with Crippen LogP contribution < -0.4 is 5.32 Å². The van der Waals surface area contributed by atoms with Gasteiger partial charge >= 0.3 is 0 Å². The predicted molar refractivity (Wildman–Crippen MR) is 90.8 cm³/mol. The summed E-state index contributed by atoms with van der Waals surface area (Å²) in [5, 5.41) is 5.72. The molecule has 112 valence electrons. The molecule has 3 heteroatoms. The second kappa shape index (κ2) is 6.73. The molecule has 0 saturated carbocycles. The van der Waals surface area contributed by atoms with Crippen molar-refractivity contribution in [1.82, 2.24) is 10.2 Å². The highest BCUT2D eigenvalue weighted by atomic mass is 32.1. The summed E-state index contributed by atoms with van der Waals surface area (Å²) in [6.45, 7) is 4.44. The van der Waals surface area contributed by atoms with E-state index in [-0.39, 0.29) is 0 Å². The number of rotatable bonds is 4. The standard InChI is InChI=1S/C18H24N2S/c1-14(12-16-7-5-11-21-16)20(2)18-9-10-19-13-15-6-3-4-8-17(15)18/h3-8,11,14,18-19H,9-10,12-13H2,1-2H3. The fourth-order valence-corrected chi connectivity index (χ4v) is 4.06. The molecule has 21 heavy (non-hydrogen) atoms. The maximum atomic E-state index is 3.55. The van der Waals surface area contributed by atoms with Gasteiger partial charge < -0.3 is 5.32 Å². The van der Waals surface area contributed by atoms with Crippen molar-refractivity contribution >= 4 is 11.3 Å². The zero-order chi connectivity index (χ0) is 14.7. The lowest BCUT2D eigenvalue weighted by atomic mass is 9.96. The largest absolute Gasteiger partial charge is 0.313 e. The molecule has 2 atom stereocenters. The van der Waals surface area contributed by atoms with E-state index >= 15 is 0 Å². The van der Waals surface area contributed by atoms with Crippen LogP contribution in [0.4, 0.5) is 0 Å². The molecule has 2 unspecified atom stereocenters. The lowest BCUT2D eigenvalue weighted by molar-refractivity contribution is 0.177. The number of hydrogen-bond donors (Lipinski definition) is 1. The minimum Gasteiger partial charge on any atom is -0.313 e. The Balaban J connectivity index is 1.78. The first-order chi connectivity index (χ1) is 10.3. The molecule has 3 rings (SSSR count). The Morgan fingerprint density at radius 1 is 1.29 bits per heavy atom. The summed E-state index contributed by atoms with van der Waals surface area (Å²) in [5.41, 5.74) is 2.96. The average Bonchev–Trinajstić information content (AvgIpc) is 2.91. The van der Waals surface area contributed by atoms with E-state index in [1.165, 1.54) is 22.4 Å². The Bertz CT molecular complexity index is 564. The number of benzene rings is 1. The minimum absolute atomic E-state index is 0.520. The van der Waals surface area contributed by atoms with Crippen LogP contribution in [0.2, 0.25) is 0 Å². The van der Waals surface area contributed by atoms with Crippen LogP contribution in [0.15, 0.2) is 41.8 Å². The normalized spacial score (nSPS) is 20.0. The van der Waals surface area contributed by atoms with Gasteiger partial charge in [-0.2, -0.15) is 0 Å². The number of fused-ring (bicyclic) bond motifs is 1. The molecule has 1 aromatic heterocycles. The van der Waals surface area contributed by atoms with Gasteiger partial charge in [0.25, 0.3) is 0 Å². The van der Waals surface area contributed by atoms with E-state index in [4.69, 9.17) is 0 Å². The molecule has 0 aliphatic carbocycles. The summed E-state index contributed by atoms with van der Waals surface area (Å²) in [4.78, 5) is 4.04. The molecule has 2 heterocycles. The van der Waals surface area contributed by atoms with Crippen LogP contribution in [-0.2, 0) is 13.0 Å². The van der Waals surface area contributed by atoms with Gasteiger partial charge in [-0.25, -0.2) is 0 Å². The van der Waals surface area contributed by atoms with Crippen LogP contribution in [0.1, 0.15) is 35.4 Å². The first-order valence-corrected chi connectivity index (χ1v) is 8.66. The predicted octanol–water partition coefficient (Wildman–Crippen LogP) is 3.85. The van der Waals surface area contributed by atoms with Gasteiger partial charge in [-0.3, -0.25) is 4.90 Å². The van der Waals surface area contributed by atoms with Crippen LogP contribution in [-0.4, -0.2) is 24.5 Å². The molecule has 2 nitrogen and oxygen atoms in total. The SMILES string of the molecule is CC(Cc1cccs1)N(C)C1CCNCc2ccccc21. The summed E-state index contributed by atoms with van der Waals surface area (Å²) in [5.74, 6) is 0. The Morgan fingerprint density at radius 3 is 2.95 bits per heavy atom. The van der Waals surface area contributed by atoms with Gasteiger partial charge in [-0.05, 0) is 55.9 Å². The topological polar surface area (TPSA) is 15.3 Å². The fraction of sp³-hybridized carbons (Fsp3) is 0.444. The number of nitrogens with zero attached hydrogens (tertiary/aromatic N) is 1. The highest BCUT2D eigenvalue weighted by Gasteiger charge is 2.25. The summed E-state index contributed by atoms with van der Waals surface area (Å²) in [6, 6.07) is 14.4. The van der Waals surface area contributed by atoms with Crippen molar-refractivity contribution in [2.24, 2.45) is 0 Å². The fourth-order valence-electron chi connectivity index (χ4n) is 3.23. The molecular weight excluding hydrogens is 276 g/mol. The van der Waals surface area contributed by atoms with E-state index in [1.54, 1.807) is 0 Å². The van der Waals surface area contributed by atoms with Gasteiger partial charge in [0.1, 0.15) is 0 Å². The van der Waals surface area contributed by atoms with Crippen LogP contribution >= 0.6 is 11.3 Å². The lowest BCUT2D eigenvalue weighted by Gasteiger charge is -2.33. The van der Waals surface area contributed by atoms with Crippen LogP contribution in [0, 0.1) is 0 Å². The molecule has 1 aliphatic rings. The molecule has 1 aliphatic heterocycles. The second-order valence-corrected chi connectivity index (χ2v) is 7.01. The molecule has 0 spiro atoms. The average molecular weight is 300 g/mol. The van der Waals surface area contributed by atoms with Gasteiger partial charge in [0, 0.05) is 23.5 Å². The van der Waals surface area contributed by atoms with Crippen LogP contribution in [0.25, 0.3) is 0 Å². The smallest absolute Gasteiger partial charge is 0.0363 e. The van der Waals surface area contributed by atoms with Crippen molar-refractivity contribution < 1.29 is 0 Å². The van der Waals surface area contributed by atoms with E-state index in [9.17, 15) is 0 Å². The molecule has 0 saturated heterocycles. The van der Waals surface area contributed by atoms with Gasteiger partial charge in [0.15, 0.2) is 0 Å². The van der Waals surface area contributed by atoms with Gasteiger partial charge in [-0.15, -0.1) is 11.3 Å². The van der Waals surface area contributed by atoms with Crippen molar-refractivity contribution in [3.05, 3.63) is 57.8 Å². The van der Waals surface area contributed by atoms with Crippen molar-refractivity contribution in [2.75, 3.05) is 13.6 Å². The quantitative estimate of drug-likeness (QED) is 0.923. The van der Waals surface area contributed by atoms with Gasteiger partial charge in [-0.1, -0.05) is 30.3 Å². The maximum Gasteiger partial charge on any atom is 0.0363 e. The zero-order valence-corrected chi connectivity index (χ0v) is 13.7. The number of likely N-dealkylation sites (N-methyl/N-ethyl adjacent to an activating group) is 1. The number of thiophene rings is 1. The number of hydrogen-bond acceptors (Lipinski definition) is 3. The summed E-state index contributed by atoms with van der Waals surface area (Å²) in [7, 11) is 2.28. The summed E-state index contributed by atoms with van der Waals surface area (Å²) in [6.07, 6.45) is 2.32. The Morgan fingerprint density at radius 2 is 2.14 bits per heavy atom. The van der Waals surface area contributed by atoms with E-state index in [0.29, 0.717) is 12.1 Å². The van der Waals surface area contributed by atoms with Crippen molar-refractivity contribution in [2.45, 2.75) is 38.4 Å². The highest BCUT2D eigenvalue weighted by Crippen LogP contribution is 2.30. The summed E-state index contributed by atoms with van der Waals surface area (Å²) >= 11 is 1.87. The first-order valence-electron chi connectivity index (χ1n) is 7.78. The van der Waals surface area contributed by atoms with Crippen molar-refractivity contribution in [3.8, 4) is 0 Å². The van der Waals surface area contributed by atoms with Gasteiger partial charge in [0.2, 0.25) is 0 Å². The zero-order valence-electron chi connectivity index (χ0n) is 12.9. The highest BCUT2D eigenvalue weighted by molar-refractivity contribution is 7.09. The summed E-state index contributed by atoms with van der Waals surface area (Å²) < 4.78 is 0. The Labute approximate surface area is 131 Å². The van der Waals surface area contributed by atoms with E-state index in [2.05, 4.69) is 66.0 Å². The number of nitrogens with one attached hydrogen (secondary N) is 1. The van der Waals surface area contributed by atoms with Crippen LogP contribution in [0.5, 0.6) is 0 Å². The van der Waals surface area contributed by atoms with Crippen LogP contribution in [0.3, 0.4) is 0 Å². The molecule has 0 bridgehead atoms. The minimum atomic E-state index is 0.520. The molecule has 0 amide bonds. The van der Waals surface area contributed by atoms with E-state index in [0.717, 1.165) is 19.5 Å². The molecule has 0 fully saturated rings. The molecule has 2 aromatic rings. The third kappa shape index (κ3) is 3.37. The third-order valence-corrected chi connectivity index (χ3v) is 5.49. The molecule has 1 N–H and O–H groups in total. The Hall–Kier alpha value is -1.16. The molecular formula is C18H24N2S. The van der Waals surface area contributed by atoms with Crippen molar-refractivity contribution in [1.29, 1.82) is 0 Å². The lowest BCUT2D eigenvalue weighted by Crippen LogP contribution is -2.35. The first kappa shape index (κ1) is 14.8.